The standard InChI is InChI=1S/C15H16FN5O2/c16-11-1-3-12(4-2-11)18-15(23)21-9-7-20(8-10-21)14(22)13-5-6-17-19-13/h1-6H,7-10H2,(H,17,19)(H,18,23). The fraction of sp³-hybridized carbons (Fsp3) is 0.267. The van der Waals surface area contributed by atoms with Crippen LogP contribution < -0.4 is 5.32 Å². The van der Waals surface area contributed by atoms with Crippen LogP contribution >= 0.6 is 0 Å². The molecule has 23 heavy (non-hydrogen) atoms. The Labute approximate surface area is 132 Å². The first-order valence-electron chi connectivity index (χ1n) is 7.23. The molecule has 1 aliphatic heterocycles. The van der Waals surface area contributed by atoms with E-state index in [4.69, 9.17) is 0 Å². The Morgan fingerprint density at radius 1 is 1.04 bits per heavy atom. The summed E-state index contributed by atoms with van der Waals surface area (Å²) in [5.41, 5.74) is 0.974. The Morgan fingerprint density at radius 2 is 1.70 bits per heavy atom. The molecule has 0 atom stereocenters. The Morgan fingerprint density at radius 3 is 2.30 bits per heavy atom. The van der Waals surface area contributed by atoms with Gasteiger partial charge in [-0.3, -0.25) is 9.89 Å². The Hall–Kier alpha value is -2.90. The van der Waals surface area contributed by atoms with Gasteiger partial charge < -0.3 is 15.1 Å². The third kappa shape index (κ3) is 3.47. The summed E-state index contributed by atoms with van der Waals surface area (Å²) in [6.07, 6.45) is 1.53. The van der Waals surface area contributed by atoms with E-state index >= 15 is 0 Å². The molecular formula is C15H16FN5O2. The second-order valence-corrected chi connectivity index (χ2v) is 5.19. The highest BCUT2D eigenvalue weighted by Gasteiger charge is 2.25. The lowest BCUT2D eigenvalue weighted by molar-refractivity contribution is 0.0666. The van der Waals surface area contributed by atoms with Crippen LogP contribution in [-0.2, 0) is 0 Å². The maximum Gasteiger partial charge on any atom is 0.321 e. The van der Waals surface area contributed by atoms with Crippen LogP contribution in [-0.4, -0.2) is 58.1 Å². The quantitative estimate of drug-likeness (QED) is 0.881. The number of urea groups is 1. The van der Waals surface area contributed by atoms with Crippen molar-refractivity contribution >= 4 is 17.6 Å². The minimum Gasteiger partial charge on any atom is -0.334 e. The van der Waals surface area contributed by atoms with Gasteiger partial charge in [0, 0.05) is 38.1 Å². The van der Waals surface area contributed by atoms with Crippen molar-refractivity contribution in [1.29, 1.82) is 0 Å². The van der Waals surface area contributed by atoms with Gasteiger partial charge in [-0.1, -0.05) is 0 Å². The predicted octanol–water partition coefficient (Wildman–Crippen LogP) is 1.54. The number of aromatic amines is 1. The number of amides is 3. The zero-order valence-electron chi connectivity index (χ0n) is 12.3. The highest BCUT2D eigenvalue weighted by molar-refractivity contribution is 5.93. The van der Waals surface area contributed by atoms with E-state index in [1.54, 1.807) is 15.9 Å². The second-order valence-electron chi connectivity index (χ2n) is 5.19. The number of nitrogens with one attached hydrogen (secondary N) is 2. The molecule has 1 aromatic carbocycles. The summed E-state index contributed by atoms with van der Waals surface area (Å²) in [6, 6.07) is 6.95. The van der Waals surface area contributed by atoms with E-state index in [1.165, 1.54) is 30.5 Å². The number of piperazine rings is 1. The van der Waals surface area contributed by atoms with Crippen molar-refractivity contribution in [3.63, 3.8) is 0 Å². The molecule has 1 aromatic heterocycles. The first-order valence-corrected chi connectivity index (χ1v) is 7.23. The molecule has 0 radical (unpaired) electrons. The summed E-state index contributed by atoms with van der Waals surface area (Å²) < 4.78 is 12.8. The summed E-state index contributed by atoms with van der Waals surface area (Å²) >= 11 is 0. The number of rotatable bonds is 2. The topological polar surface area (TPSA) is 81.3 Å². The number of hydrogen-bond acceptors (Lipinski definition) is 3. The Kier molecular flexibility index (Phi) is 4.22. The van der Waals surface area contributed by atoms with Crippen LogP contribution in [0.5, 0.6) is 0 Å². The van der Waals surface area contributed by atoms with Crippen LogP contribution in [0.4, 0.5) is 14.9 Å². The van der Waals surface area contributed by atoms with Crippen LogP contribution in [0.3, 0.4) is 0 Å². The Balaban J connectivity index is 1.53. The van der Waals surface area contributed by atoms with Crippen LogP contribution in [0.25, 0.3) is 0 Å². The molecule has 1 fully saturated rings. The lowest BCUT2D eigenvalue weighted by Gasteiger charge is -2.34. The van der Waals surface area contributed by atoms with Crippen molar-refractivity contribution in [2.24, 2.45) is 0 Å². The molecule has 3 rings (SSSR count). The lowest BCUT2D eigenvalue weighted by Crippen LogP contribution is -2.51. The molecule has 1 saturated heterocycles. The van der Waals surface area contributed by atoms with E-state index in [-0.39, 0.29) is 17.8 Å². The van der Waals surface area contributed by atoms with Crippen molar-refractivity contribution in [3.8, 4) is 0 Å². The number of nitrogens with zero attached hydrogens (tertiary/aromatic N) is 3. The summed E-state index contributed by atoms with van der Waals surface area (Å²) in [5, 5.41) is 9.11. The molecule has 2 heterocycles. The highest BCUT2D eigenvalue weighted by Crippen LogP contribution is 2.11. The fourth-order valence-corrected chi connectivity index (χ4v) is 2.39. The number of anilines is 1. The maximum atomic E-state index is 12.8. The summed E-state index contributed by atoms with van der Waals surface area (Å²) in [6.45, 7) is 1.78. The van der Waals surface area contributed by atoms with E-state index in [0.29, 0.717) is 37.6 Å². The van der Waals surface area contributed by atoms with Crippen LogP contribution in [0.2, 0.25) is 0 Å². The normalized spacial score (nSPS) is 14.7. The minimum absolute atomic E-state index is 0.124. The summed E-state index contributed by atoms with van der Waals surface area (Å²) in [4.78, 5) is 27.6. The monoisotopic (exact) mass is 317 g/mol. The average molecular weight is 317 g/mol. The summed E-state index contributed by atoms with van der Waals surface area (Å²) in [7, 11) is 0. The molecular weight excluding hydrogens is 301 g/mol. The number of H-pyrrole nitrogens is 1. The first-order chi connectivity index (χ1) is 11.1. The van der Waals surface area contributed by atoms with Crippen LogP contribution in [0.15, 0.2) is 36.5 Å². The molecule has 2 N–H and O–H groups in total. The van der Waals surface area contributed by atoms with Crippen LogP contribution in [0.1, 0.15) is 10.5 Å². The number of hydrogen-bond donors (Lipinski definition) is 2. The molecule has 0 saturated carbocycles. The molecule has 120 valence electrons. The lowest BCUT2D eigenvalue weighted by atomic mass is 10.3. The van der Waals surface area contributed by atoms with Crippen LogP contribution in [0, 0.1) is 5.82 Å². The van der Waals surface area contributed by atoms with Gasteiger partial charge in [-0.15, -0.1) is 0 Å². The SMILES string of the molecule is O=C(Nc1ccc(F)cc1)N1CCN(C(=O)c2ccn[nH]2)CC1. The minimum atomic E-state index is -0.353. The molecule has 3 amide bonds. The Bertz CT molecular complexity index is 678. The van der Waals surface area contributed by atoms with Crippen molar-refractivity contribution in [1.82, 2.24) is 20.0 Å². The number of carbonyl (C=O) groups excluding carboxylic acids is 2. The van der Waals surface area contributed by atoms with Gasteiger partial charge in [0.1, 0.15) is 11.5 Å². The summed E-state index contributed by atoms with van der Waals surface area (Å²) in [5.74, 6) is -0.477. The third-order valence-corrected chi connectivity index (χ3v) is 3.68. The molecule has 0 unspecified atom stereocenters. The zero-order valence-corrected chi connectivity index (χ0v) is 12.3. The van der Waals surface area contributed by atoms with E-state index in [2.05, 4.69) is 15.5 Å². The maximum absolute atomic E-state index is 12.8. The van der Waals surface area contributed by atoms with Crippen molar-refractivity contribution in [3.05, 3.63) is 48.0 Å². The van der Waals surface area contributed by atoms with Crippen molar-refractivity contribution < 1.29 is 14.0 Å². The molecule has 0 spiro atoms. The number of aromatic nitrogens is 2. The van der Waals surface area contributed by atoms with E-state index in [0.717, 1.165) is 0 Å². The molecule has 1 aliphatic rings. The number of benzene rings is 1. The van der Waals surface area contributed by atoms with Gasteiger partial charge in [0.05, 0.1) is 0 Å². The van der Waals surface area contributed by atoms with Gasteiger partial charge in [-0.25, -0.2) is 9.18 Å². The molecule has 0 aliphatic carbocycles. The van der Waals surface area contributed by atoms with E-state index in [9.17, 15) is 14.0 Å². The van der Waals surface area contributed by atoms with Gasteiger partial charge in [0.2, 0.25) is 0 Å². The van der Waals surface area contributed by atoms with E-state index in [1.807, 2.05) is 0 Å². The van der Waals surface area contributed by atoms with E-state index < -0.39 is 0 Å². The number of carbonyl (C=O) groups is 2. The third-order valence-electron chi connectivity index (χ3n) is 3.68. The molecule has 0 bridgehead atoms. The van der Waals surface area contributed by atoms with Gasteiger partial charge in [0.15, 0.2) is 0 Å². The first kappa shape index (κ1) is 15.0. The van der Waals surface area contributed by atoms with Gasteiger partial charge >= 0.3 is 6.03 Å². The highest BCUT2D eigenvalue weighted by atomic mass is 19.1. The number of halogens is 1. The molecule has 2 aromatic rings. The van der Waals surface area contributed by atoms with Gasteiger partial charge in [0.25, 0.3) is 5.91 Å². The largest absolute Gasteiger partial charge is 0.334 e. The van der Waals surface area contributed by atoms with Gasteiger partial charge in [-0.2, -0.15) is 5.10 Å². The van der Waals surface area contributed by atoms with Crippen molar-refractivity contribution in [2.45, 2.75) is 0 Å². The molecule has 8 heteroatoms. The molecule has 7 nitrogen and oxygen atoms in total. The fourth-order valence-electron chi connectivity index (χ4n) is 2.39. The second kappa shape index (κ2) is 6.47. The van der Waals surface area contributed by atoms with Gasteiger partial charge in [-0.05, 0) is 30.3 Å². The van der Waals surface area contributed by atoms with Crippen molar-refractivity contribution in [2.75, 3.05) is 31.5 Å². The zero-order chi connectivity index (χ0) is 16.2. The smallest absolute Gasteiger partial charge is 0.321 e. The predicted molar refractivity (Wildman–Crippen MR) is 81.5 cm³/mol. The average Bonchev–Trinajstić information content (AvgIpc) is 3.11.